The second kappa shape index (κ2) is 7.51. The molecular formula is C17H13F2N5O2. The van der Waals surface area contributed by atoms with Gasteiger partial charge in [0.1, 0.15) is 11.6 Å². The lowest BCUT2D eigenvalue weighted by atomic mass is 10.2. The average molecular weight is 357 g/mol. The molecule has 3 aromatic rings. The van der Waals surface area contributed by atoms with Crippen molar-refractivity contribution in [1.29, 1.82) is 0 Å². The third-order valence-electron chi connectivity index (χ3n) is 3.44. The molecule has 1 heterocycles. The molecule has 0 radical (unpaired) electrons. The third kappa shape index (κ3) is 3.89. The normalized spacial score (nSPS) is 11.0. The molecule has 2 N–H and O–H groups in total. The molecule has 0 spiro atoms. The van der Waals surface area contributed by atoms with Crippen LogP contribution >= 0.6 is 0 Å². The molecule has 0 saturated carbocycles. The number of carbonyl (C=O) groups excluding carboxylic acids is 1. The van der Waals surface area contributed by atoms with Gasteiger partial charge >= 0.3 is 5.56 Å². The van der Waals surface area contributed by atoms with Crippen LogP contribution in [-0.2, 0) is 6.54 Å². The van der Waals surface area contributed by atoms with E-state index in [0.29, 0.717) is 0 Å². The summed E-state index contributed by atoms with van der Waals surface area (Å²) in [5, 5.41) is 12.1. The van der Waals surface area contributed by atoms with Crippen molar-refractivity contribution in [2.45, 2.75) is 6.54 Å². The lowest BCUT2D eigenvalue weighted by molar-refractivity contribution is 0.0944. The fraction of sp³-hybridized carbons (Fsp3) is 0.0588. The number of aromatic amines is 1. The smallest absolute Gasteiger partial charge is 0.320 e. The maximum absolute atomic E-state index is 13.5. The SMILES string of the molecule is O=C(NCc1cc(F)ccc1F)c1n[nH]n(N=Cc2ccccc2)c1=O. The average Bonchev–Trinajstić information content (AvgIpc) is 3.02. The Balaban J connectivity index is 1.71. The number of hydrogen-bond acceptors (Lipinski definition) is 4. The number of nitrogens with one attached hydrogen (secondary N) is 2. The highest BCUT2D eigenvalue weighted by atomic mass is 19.1. The number of nitrogens with zero attached hydrogens (tertiary/aromatic N) is 3. The standard InChI is InChI=1S/C17H13F2N5O2/c18-13-6-7-14(19)12(8-13)10-20-16(25)15-17(26)24(23-22-15)21-9-11-4-2-1-3-5-11/h1-9,23H,10H2,(H,20,25). The Labute approximate surface area is 146 Å². The van der Waals surface area contributed by atoms with Gasteiger partial charge in [-0.05, 0) is 23.8 Å². The molecule has 0 bridgehead atoms. The number of halogens is 2. The summed E-state index contributed by atoms with van der Waals surface area (Å²) in [6.07, 6.45) is 1.42. The second-order valence-electron chi connectivity index (χ2n) is 5.25. The summed E-state index contributed by atoms with van der Waals surface area (Å²) in [6, 6.07) is 11.9. The molecule has 0 fully saturated rings. The molecule has 2 aromatic carbocycles. The molecular weight excluding hydrogens is 344 g/mol. The van der Waals surface area contributed by atoms with Gasteiger partial charge in [0.25, 0.3) is 5.91 Å². The Morgan fingerprint density at radius 3 is 2.77 bits per heavy atom. The van der Waals surface area contributed by atoms with E-state index in [1.54, 1.807) is 12.1 Å². The maximum atomic E-state index is 13.5. The highest BCUT2D eigenvalue weighted by Gasteiger charge is 2.17. The number of rotatable bonds is 5. The Morgan fingerprint density at radius 1 is 1.23 bits per heavy atom. The van der Waals surface area contributed by atoms with Crippen molar-refractivity contribution in [2.24, 2.45) is 5.10 Å². The van der Waals surface area contributed by atoms with Crippen LogP contribution in [-0.4, -0.2) is 27.2 Å². The predicted molar refractivity (Wildman–Crippen MR) is 89.8 cm³/mol. The van der Waals surface area contributed by atoms with Gasteiger partial charge in [-0.25, -0.2) is 8.78 Å². The van der Waals surface area contributed by atoms with Crippen LogP contribution in [0.25, 0.3) is 0 Å². The van der Waals surface area contributed by atoms with E-state index >= 15 is 0 Å². The summed E-state index contributed by atoms with van der Waals surface area (Å²) in [5.41, 5.74) is -0.501. The quantitative estimate of drug-likeness (QED) is 0.680. The molecule has 0 saturated heterocycles. The summed E-state index contributed by atoms with van der Waals surface area (Å²) >= 11 is 0. The Hall–Kier alpha value is -3.62. The van der Waals surface area contributed by atoms with Gasteiger partial charge in [0.05, 0.1) is 6.21 Å². The van der Waals surface area contributed by atoms with E-state index in [1.165, 1.54) is 6.21 Å². The van der Waals surface area contributed by atoms with Gasteiger partial charge in [0.15, 0.2) is 0 Å². The first kappa shape index (κ1) is 17.2. The Morgan fingerprint density at radius 2 is 2.00 bits per heavy atom. The molecule has 1 amide bonds. The van der Waals surface area contributed by atoms with E-state index in [2.05, 4.69) is 20.7 Å². The molecule has 0 aliphatic rings. The van der Waals surface area contributed by atoms with Gasteiger partial charge in [0, 0.05) is 12.1 Å². The Bertz CT molecular complexity index is 1010. The van der Waals surface area contributed by atoms with E-state index < -0.39 is 28.8 Å². The molecule has 7 nitrogen and oxygen atoms in total. The van der Waals surface area contributed by atoms with Gasteiger partial charge in [-0.3, -0.25) is 9.59 Å². The molecule has 132 valence electrons. The highest BCUT2D eigenvalue weighted by molar-refractivity contribution is 5.91. The summed E-state index contributed by atoms with van der Waals surface area (Å²) < 4.78 is 26.7. The zero-order valence-electron chi connectivity index (χ0n) is 13.3. The molecule has 26 heavy (non-hydrogen) atoms. The van der Waals surface area contributed by atoms with Crippen molar-refractivity contribution in [1.82, 2.24) is 20.4 Å². The van der Waals surface area contributed by atoms with Crippen molar-refractivity contribution in [3.63, 3.8) is 0 Å². The minimum atomic E-state index is -0.830. The van der Waals surface area contributed by atoms with Gasteiger partial charge in [-0.2, -0.15) is 10.3 Å². The first-order valence-corrected chi connectivity index (χ1v) is 7.53. The zero-order valence-corrected chi connectivity index (χ0v) is 13.3. The minimum Gasteiger partial charge on any atom is -0.346 e. The van der Waals surface area contributed by atoms with Crippen LogP contribution in [0.3, 0.4) is 0 Å². The van der Waals surface area contributed by atoms with Crippen LogP contribution < -0.4 is 10.9 Å². The van der Waals surface area contributed by atoms with Gasteiger partial charge in [0.2, 0.25) is 5.69 Å². The Kier molecular flexibility index (Phi) is 4.97. The molecule has 0 unspecified atom stereocenters. The lowest BCUT2D eigenvalue weighted by Crippen LogP contribution is -2.29. The fourth-order valence-electron chi connectivity index (χ4n) is 2.12. The van der Waals surface area contributed by atoms with Crippen molar-refractivity contribution in [2.75, 3.05) is 0 Å². The number of amides is 1. The van der Waals surface area contributed by atoms with Crippen molar-refractivity contribution in [3.8, 4) is 0 Å². The van der Waals surface area contributed by atoms with Gasteiger partial charge in [-0.1, -0.05) is 30.3 Å². The van der Waals surface area contributed by atoms with Crippen molar-refractivity contribution >= 4 is 12.1 Å². The third-order valence-corrected chi connectivity index (χ3v) is 3.44. The van der Waals surface area contributed by atoms with Gasteiger partial charge < -0.3 is 5.32 Å². The summed E-state index contributed by atoms with van der Waals surface area (Å²) in [6.45, 7) is -0.290. The molecule has 3 rings (SSSR count). The zero-order chi connectivity index (χ0) is 18.5. The lowest BCUT2D eigenvalue weighted by Gasteiger charge is -2.04. The minimum absolute atomic E-state index is 0.0451. The van der Waals surface area contributed by atoms with Crippen LogP contribution in [0.1, 0.15) is 21.6 Å². The highest BCUT2D eigenvalue weighted by Crippen LogP contribution is 2.09. The monoisotopic (exact) mass is 357 g/mol. The number of H-pyrrole nitrogens is 1. The molecule has 1 aromatic heterocycles. The molecule has 0 aliphatic carbocycles. The van der Waals surface area contributed by atoms with E-state index in [4.69, 9.17) is 0 Å². The van der Waals surface area contributed by atoms with Crippen LogP contribution in [0.15, 0.2) is 58.4 Å². The number of carbonyl (C=O) groups is 1. The van der Waals surface area contributed by atoms with Crippen LogP contribution in [0.4, 0.5) is 8.78 Å². The summed E-state index contributed by atoms with van der Waals surface area (Å²) in [4.78, 5) is 25.0. The topological polar surface area (TPSA) is 92.1 Å². The number of aromatic nitrogens is 3. The first-order chi connectivity index (χ1) is 12.5. The van der Waals surface area contributed by atoms with Crippen LogP contribution in [0, 0.1) is 11.6 Å². The van der Waals surface area contributed by atoms with E-state index in [1.807, 2.05) is 18.2 Å². The van der Waals surface area contributed by atoms with Crippen molar-refractivity contribution in [3.05, 3.63) is 87.3 Å². The first-order valence-electron chi connectivity index (χ1n) is 7.53. The van der Waals surface area contributed by atoms with E-state index in [-0.39, 0.29) is 12.1 Å². The largest absolute Gasteiger partial charge is 0.346 e. The van der Waals surface area contributed by atoms with E-state index in [9.17, 15) is 18.4 Å². The van der Waals surface area contributed by atoms with Gasteiger partial charge in [-0.15, -0.1) is 9.89 Å². The van der Waals surface area contributed by atoms with E-state index in [0.717, 1.165) is 28.6 Å². The molecule has 0 aliphatic heterocycles. The summed E-state index contributed by atoms with van der Waals surface area (Å²) in [5.74, 6) is -2.13. The maximum Gasteiger partial charge on any atom is 0.320 e. The van der Waals surface area contributed by atoms with Crippen LogP contribution in [0.5, 0.6) is 0 Å². The van der Waals surface area contributed by atoms with Crippen molar-refractivity contribution < 1.29 is 13.6 Å². The molecule has 0 atom stereocenters. The summed E-state index contributed by atoms with van der Waals surface area (Å²) in [7, 11) is 0. The fourth-order valence-corrected chi connectivity index (χ4v) is 2.12. The van der Waals surface area contributed by atoms with Crippen LogP contribution in [0.2, 0.25) is 0 Å². The number of benzene rings is 2. The second-order valence-corrected chi connectivity index (χ2v) is 5.25. The predicted octanol–water partition coefficient (Wildman–Crippen LogP) is 1.66. The number of hydrogen-bond donors (Lipinski definition) is 2. The molecule has 9 heteroatoms.